The average molecular weight is 379 g/mol. The lowest BCUT2D eigenvalue weighted by Crippen LogP contribution is -2.40. The second-order valence-electron chi connectivity index (χ2n) is 9.08. The third-order valence-electron chi connectivity index (χ3n) is 5.68. The van der Waals surface area contributed by atoms with E-state index in [9.17, 15) is 4.79 Å². The summed E-state index contributed by atoms with van der Waals surface area (Å²) in [7, 11) is 0. The summed E-state index contributed by atoms with van der Waals surface area (Å²) in [6.45, 7) is 9.28. The first kappa shape index (κ1) is 19.0. The Kier molecular flexibility index (Phi) is 5.15. The molecule has 4 nitrogen and oxygen atoms in total. The lowest BCUT2D eigenvalue weighted by Gasteiger charge is -2.29. The number of rotatable bonds is 5. The van der Waals surface area contributed by atoms with E-state index in [1.54, 1.807) is 0 Å². The molecule has 1 saturated heterocycles. The van der Waals surface area contributed by atoms with Crippen molar-refractivity contribution in [2.75, 3.05) is 13.1 Å². The first-order valence-electron chi connectivity index (χ1n) is 10.2. The normalized spacial score (nSPS) is 23.6. The van der Waals surface area contributed by atoms with Gasteiger partial charge < -0.3 is 9.64 Å². The Labute approximate surface area is 168 Å². The molecule has 2 atom stereocenters. The number of ether oxygens (including phenoxy) is 1. The molecule has 1 aliphatic heterocycles. The lowest BCUT2D eigenvalue weighted by molar-refractivity contribution is 0.0253. The van der Waals surface area contributed by atoms with Crippen molar-refractivity contribution in [3.63, 3.8) is 0 Å². The van der Waals surface area contributed by atoms with Crippen molar-refractivity contribution in [3.8, 4) is 0 Å². The van der Waals surface area contributed by atoms with Crippen molar-refractivity contribution < 1.29 is 9.53 Å². The molecular formula is C24H30N2O2. The van der Waals surface area contributed by atoms with Gasteiger partial charge in [0.05, 0.1) is 0 Å². The van der Waals surface area contributed by atoms with Gasteiger partial charge in [0.25, 0.3) is 0 Å². The van der Waals surface area contributed by atoms with Gasteiger partial charge in [0.1, 0.15) is 5.60 Å². The van der Waals surface area contributed by atoms with Crippen LogP contribution in [0.1, 0.15) is 31.9 Å². The summed E-state index contributed by atoms with van der Waals surface area (Å²) in [6, 6.07) is 21.9. The minimum atomic E-state index is -0.435. The van der Waals surface area contributed by atoms with Crippen LogP contribution >= 0.6 is 0 Å². The van der Waals surface area contributed by atoms with Crippen molar-refractivity contribution in [1.29, 1.82) is 0 Å². The molecule has 0 bridgehead atoms. The largest absolute Gasteiger partial charge is 0.444 e. The fraction of sp³-hybridized carbons (Fsp3) is 0.458. The summed E-state index contributed by atoms with van der Waals surface area (Å²) in [4.78, 5) is 16.9. The molecule has 0 radical (unpaired) electrons. The van der Waals surface area contributed by atoms with E-state index in [-0.39, 0.29) is 6.09 Å². The van der Waals surface area contributed by atoms with E-state index in [2.05, 4.69) is 65.6 Å². The number of carbonyl (C=O) groups excluding carboxylic acids is 1. The SMILES string of the molecule is CC(C)(C)OC(=O)N1C[C@@H]2C(N(Cc3ccccc3)Cc3ccccc3)[C@H]2C1. The second-order valence-corrected chi connectivity index (χ2v) is 9.08. The van der Waals surface area contributed by atoms with E-state index in [0.29, 0.717) is 17.9 Å². The topological polar surface area (TPSA) is 32.8 Å². The molecule has 2 aromatic rings. The molecule has 0 aromatic heterocycles. The molecule has 2 aliphatic rings. The minimum absolute atomic E-state index is 0.170. The number of hydrogen-bond acceptors (Lipinski definition) is 3. The van der Waals surface area contributed by atoms with Crippen LogP contribution in [0.4, 0.5) is 4.79 Å². The predicted octanol–water partition coefficient (Wildman–Crippen LogP) is 4.55. The van der Waals surface area contributed by atoms with Crippen LogP contribution in [0.3, 0.4) is 0 Å². The van der Waals surface area contributed by atoms with Crippen molar-refractivity contribution in [1.82, 2.24) is 9.80 Å². The Morgan fingerprint density at radius 1 is 0.929 bits per heavy atom. The van der Waals surface area contributed by atoms with Gasteiger partial charge in [0.15, 0.2) is 0 Å². The first-order valence-corrected chi connectivity index (χ1v) is 10.2. The highest BCUT2D eigenvalue weighted by atomic mass is 16.6. The Balaban J connectivity index is 1.42. The van der Waals surface area contributed by atoms with Crippen LogP contribution in [0, 0.1) is 11.8 Å². The summed E-state index contributed by atoms with van der Waals surface area (Å²) in [5.41, 5.74) is 2.25. The van der Waals surface area contributed by atoms with E-state index < -0.39 is 5.60 Å². The zero-order valence-corrected chi connectivity index (χ0v) is 17.0. The molecule has 0 spiro atoms. The van der Waals surface area contributed by atoms with Crippen molar-refractivity contribution in [2.24, 2.45) is 11.8 Å². The smallest absolute Gasteiger partial charge is 0.410 e. The molecule has 0 N–H and O–H groups in total. The Morgan fingerprint density at radius 3 is 1.82 bits per heavy atom. The van der Waals surface area contributed by atoms with Crippen molar-refractivity contribution in [2.45, 2.75) is 45.5 Å². The molecule has 28 heavy (non-hydrogen) atoms. The molecule has 4 heteroatoms. The molecular weight excluding hydrogens is 348 g/mol. The molecule has 2 aromatic carbocycles. The molecule has 148 valence electrons. The van der Waals surface area contributed by atoms with Gasteiger partial charge >= 0.3 is 6.09 Å². The maximum absolute atomic E-state index is 12.4. The van der Waals surface area contributed by atoms with Crippen LogP contribution < -0.4 is 0 Å². The summed E-state index contributed by atoms with van der Waals surface area (Å²) < 4.78 is 5.55. The molecule has 1 amide bonds. The summed E-state index contributed by atoms with van der Waals surface area (Å²) >= 11 is 0. The van der Waals surface area contributed by atoms with Crippen molar-refractivity contribution in [3.05, 3.63) is 71.8 Å². The maximum Gasteiger partial charge on any atom is 0.410 e. The highest BCUT2D eigenvalue weighted by Gasteiger charge is 2.59. The van der Waals surface area contributed by atoms with Crippen molar-refractivity contribution >= 4 is 6.09 Å². The Morgan fingerprint density at radius 2 is 1.39 bits per heavy atom. The predicted molar refractivity (Wildman–Crippen MR) is 111 cm³/mol. The van der Waals surface area contributed by atoms with E-state index in [1.165, 1.54) is 11.1 Å². The monoisotopic (exact) mass is 378 g/mol. The van der Waals surface area contributed by atoms with E-state index in [4.69, 9.17) is 4.74 Å². The van der Waals surface area contributed by atoms with Gasteiger partial charge in [-0.25, -0.2) is 4.79 Å². The van der Waals surface area contributed by atoms with E-state index in [0.717, 1.165) is 26.2 Å². The third-order valence-corrected chi connectivity index (χ3v) is 5.68. The van der Waals surface area contributed by atoms with Gasteiger partial charge in [0.2, 0.25) is 0 Å². The minimum Gasteiger partial charge on any atom is -0.444 e. The van der Waals surface area contributed by atoms with Gasteiger partial charge in [0, 0.05) is 32.2 Å². The number of benzene rings is 2. The molecule has 1 heterocycles. The average Bonchev–Trinajstić information content (AvgIpc) is 3.14. The Hall–Kier alpha value is -2.33. The lowest BCUT2D eigenvalue weighted by atomic mass is 10.1. The van der Waals surface area contributed by atoms with Gasteiger partial charge in [-0.2, -0.15) is 0 Å². The standard InChI is InChI=1S/C24H30N2O2/c1-24(2,3)28-23(27)26-16-20-21(17-26)22(20)25(14-18-10-6-4-7-11-18)15-19-12-8-5-9-13-19/h4-13,20-22H,14-17H2,1-3H3/t20-,21-/m0/s1. The number of piperidine rings is 1. The number of likely N-dealkylation sites (tertiary alicyclic amines) is 1. The van der Waals surface area contributed by atoms with Gasteiger partial charge in [-0.15, -0.1) is 0 Å². The number of nitrogens with zero attached hydrogens (tertiary/aromatic N) is 2. The van der Waals surface area contributed by atoms with Gasteiger partial charge in [-0.1, -0.05) is 60.7 Å². The summed E-state index contributed by atoms with van der Waals surface area (Å²) in [5, 5.41) is 0. The molecule has 1 aliphatic carbocycles. The Bertz CT molecular complexity index is 747. The van der Waals surface area contributed by atoms with Crippen LogP contribution in [-0.2, 0) is 17.8 Å². The third kappa shape index (κ3) is 4.39. The fourth-order valence-corrected chi connectivity index (χ4v) is 4.41. The summed E-state index contributed by atoms with van der Waals surface area (Å²) in [5.74, 6) is 1.11. The second kappa shape index (κ2) is 7.59. The zero-order chi connectivity index (χ0) is 19.7. The van der Waals surface area contributed by atoms with Gasteiger partial charge in [-0.3, -0.25) is 4.90 Å². The number of amides is 1. The van der Waals surface area contributed by atoms with Gasteiger partial charge in [-0.05, 0) is 43.7 Å². The molecule has 1 saturated carbocycles. The number of carbonyl (C=O) groups is 1. The van der Waals surface area contributed by atoms with Crippen LogP contribution in [-0.4, -0.2) is 40.6 Å². The molecule has 2 fully saturated rings. The van der Waals surface area contributed by atoms with Crippen LogP contribution in [0.15, 0.2) is 60.7 Å². The maximum atomic E-state index is 12.4. The van der Waals surface area contributed by atoms with E-state index in [1.807, 2.05) is 25.7 Å². The summed E-state index contributed by atoms with van der Waals surface area (Å²) in [6.07, 6.45) is -0.170. The number of hydrogen-bond donors (Lipinski definition) is 0. The van der Waals surface area contributed by atoms with Crippen LogP contribution in [0.2, 0.25) is 0 Å². The fourth-order valence-electron chi connectivity index (χ4n) is 4.41. The van der Waals surface area contributed by atoms with Crippen LogP contribution in [0.25, 0.3) is 0 Å². The highest BCUT2D eigenvalue weighted by molar-refractivity contribution is 5.69. The molecule has 4 rings (SSSR count). The number of fused-ring (bicyclic) bond motifs is 1. The first-order chi connectivity index (χ1) is 13.4. The molecule has 0 unspecified atom stereocenters. The van der Waals surface area contributed by atoms with E-state index >= 15 is 0 Å². The zero-order valence-electron chi connectivity index (χ0n) is 17.0. The van der Waals surface area contributed by atoms with Crippen LogP contribution in [0.5, 0.6) is 0 Å². The quantitative estimate of drug-likeness (QED) is 0.765. The highest BCUT2D eigenvalue weighted by Crippen LogP contribution is 2.50.